The molecule has 7 nitrogen and oxygen atoms in total. The van der Waals surface area contributed by atoms with Crippen LogP contribution in [0.1, 0.15) is 32.6 Å². The standard InChI is InChI=1S/C18H25N3O4S/c1-14(22)20-9-5-6-15(13-20)18(23)19-16-7-4-8-17(12-16)26(24,25)21-10-2-3-11-21/h4,7-8,12,15H,2-3,5-6,9-11,13H2,1H3,(H,19,23)/t15-/m1/s1. The fourth-order valence-electron chi connectivity index (χ4n) is 3.53. The van der Waals surface area contributed by atoms with E-state index in [0.29, 0.717) is 31.9 Å². The van der Waals surface area contributed by atoms with Crippen LogP contribution in [-0.2, 0) is 19.6 Å². The number of carbonyl (C=O) groups is 2. The first kappa shape index (κ1) is 18.8. The first-order valence-electron chi connectivity index (χ1n) is 9.04. The molecule has 1 aromatic carbocycles. The molecular weight excluding hydrogens is 354 g/mol. The van der Waals surface area contributed by atoms with Crippen LogP contribution in [0, 0.1) is 5.92 Å². The minimum atomic E-state index is -3.51. The molecule has 2 saturated heterocycles. The second kappa shape index (κ2) is 7.75. The van der Waals surface area contributed by atoms with E-state index in [1.54, 1.807) is 23.1 Å². The first-order valence-corrected chi connectivity index (χ1v) is 10.5. The summed E-state index contributed by atoms with van der Waals surface area (Å²) in [5, 5.41) is 2.81. The average Bonchev–Trinajstić information content (AvgIpc) is 3.17. The van der Waals surface area contributed by atoms with Crippen LogP contribution in [0.25, 0.3) is 0 Å². The number of anilines is 1. The fourth-order valence-corrected chi connectivity index (χ4v) is 5.10. The van der Waals surface area contributed by atoms with Crippen molar-refractivity contribution in [2.24, 2.45) is 5.92 Å². The van der Waals surface area contributed by atoms with Crippen LogP contribution in [-0.4, -0.2) is 55.6 Å². The van der Waals surface area contributed by atoms with Gasteiger partial charge in [0.2, 0.25) is 21.8 Å². The van der Waals surface area contributed by atoms with Gasteiger partial charge in [0.15, 0.2) is 0 Å². The third kappa shape index (κ3) is 4.07. The molecule has 2 amide bonds. The maximum atomic E-state index is 12.7. The van der Waals surface area contributed by atoms with Gasteiger partial charge in [0.25, 0.3) is 0 Å². The molecule has 0 saturated carbocycles. The number of carbonyl (C=O) groups excluding carboxylic acids is 2. The van der Waals surface area contributed by atoms with Crippen LogP contribution in [0.15, 0.2) is 29.2 Å². The molecule has 2 heterocycles. The van der Waals surface area contributed by atoms with Gasteiger partial charge in [0, 0.05) is 38.8 Å². The van der Waals surface area contributed by atoms with Crippen molar-refractivity contribution in [3.8, 4) is 0 Å². The molecule has 1 N–H and O–H groups in total. The number of sulfonamides is 1. The van der Waals surface area contributed by atoms with E-state index in [4.69, 9.17) is 0 Å². The van der Waals surface area contributed by atoms with E-state index in [1.807, 2.05) is 0 Å². The molecular formula is C18H25N3O4S. The molecule has 0 bridgehead atoms. The number of amides is 2. The quantitative estimate of drug-likeness (QED) is 0.862. The summed E-state index contributed by atoms with van der Waals surface area (Å²) in [6.45, 7) is 3.69. The minimum Gasteiger partial charge on any atom is -0.342 e. The van der Waals surface area contributed by atoms with E-state index in [-0.39, 0.29) is 22.6 Å². The predicted octanol–water partition coefficient (Wildman–Crippen LogP) is 1.67. The van der Waals surface area contributed by atoms with Crippen LogP contribution >= 0.6 is 0 Å². The number of benzene rings is 1. The molecule has 2 fully saturated rings. The highest BCUT2D eigenvalue weighted by Crippen LogP contribution is 2.24. The van der Waals surface area contributed by atoms with E-state index in [2.05, 4.69) is 5.32 Å². The molecule has 8 heteroatoms. The van der Waals surface area contributed by atoms with E-state index in [1.165, 1.54) is 17.3 Å². The SMILES string of the molecule is CC(=O)N1CCC[C@@H](C(=O)Nc2cccc(S(=O)(=O)N3CCCC3)c2)C1. The lowest BCUT2D eigenvalue weighted by molar-refractivity contribution is -0.132. The number of piperidine rings is 1. The van der Waals surface area contributed by atoms with Gasteiger partial charge in [0.05, 0.1) is 10.8 Å². The van der Waals surface area contributed by atoms with Crippen molar-refractivity contribution in [3.05, 3.63) is 24.3 Å². The van der Waals surface area contributed by atoms with Crippen molar-refractivity contribution in [1.29, 1.82) is 0 Å². The Morgan fingerprint density at radius 3 is 2.54 bits per heavy atom. The molecule has 0 unspecified atom stereocenters. The number of nitrogens with zero attached hydrogens (tertiary/aromatic N) is 2. The topological polar surface area (TPSA) is 86.8 Å². The van der Waals surface area contributed by atoms with E-state index >= 15 is 0 Å². The molecule has 0 spiro atoms. The Morgan fingerprint density at radius 1 is 1.12 bits per heavy atom. The van der Waals surface area contributed by atoms with Gasteiger partial charge in [-0.3, -0.25) is 9.59 Å². The minimum absolute atomic E-state index is 0.0267. The summed E-state index contributed by atoms with van der Waals surface area (Å²) in [5.41, 5.74) is 0.468. The van der Waals surface area contributed by atoms with Gasteiger partial charge in [-0.25, -0.2) is 8.42 Å². The van der Waals surface area contributed by atoms with Crippen LogP contribution in [0.4, 0.5) is 5.69 Å². The predicted molar refractivity (Wildman–Crippen MR) is 98.0 cm³/mol. The average molecular weight is 379 g/mol. The Bertz CT molecular complexity index is 787. The monoisotopic (exact) mass is 379 g/mol. The van der Waals surface area contributed by atoms with Crippen molar-refractivity contribution in [2.45, 2.75) is 37.5 Å². The highest BCUT2D eigenvalue weighted by Gasteiger charge is 2.29. The molecule has 142 valence electrons. The molecule has 0 aliphatic carbocycles. The highest BCUT2D eigenvalue weighted by atomic mass is 32.2. The van der Waals surface area contributed by atoms with Gasteiger partial charge in [-0.05, 0) is 43.9 Å². The smallest absolute Gasteiger partial charge is 0.243 e. The first-order chi connectivity index (χ1) is 12.4. The van der Waals surface area contributed by atoms with Gasteiger partial charge in [-0.2, -0.15) is 4.31 Å². The summed E-state index contributed by atoms with van der Waals surface area (Å²) in [4.78, 5) is 26.0. The Labute approximate surface area is 154 Å². The highest BCUT2D eigenvalue weighted by molar-refractivity contribution is 7.89. The number of hydrogen-bond acceptors (Lipinski definition) is 4. The third-order valence-electron chi connectivity index (χ3n) is 5.04. The molecule has 3 rings (SSSR count). The summed E-state index contributed by atoms with van der Waals surface area (Å²) in [7, 11) is -3.51. The van der Waals surface area contributed by atoms with Gasteiger partial charge in [-0.15, -0.1) is 0 Å². The van der Waals surface area contributed by atoms with Crippen LogP contribution < -0.4 is 5.32 Å². The van der Waals surface area contributed by atoms with Gasteiger partial charge >= 0.3 is 0 Å². The van der Waals surface area contributed by atoms with Gasteiger partial charge in [0.1, 0.15) is 0 Å². The van der Waals surface area contributed by atoms with Crippen LogP contribution in [0.2, 0.25) is 0 Å². The lowest BCUT2D eigenvalue weighted by Gasteiger charge is -2.31. The zero-order chi connectivity index (χ0) is 18.7. The molecule has 2 aliphatic heterocycles. The normalized spacial score (nSPS) is 21.6. The summed E-state index contributed by atoms with van der Waals surface area (Å²) >= 11 is 0. The molecule has 1 aromatic rings. The Kier molecular flexibility index (Phi) is 5.62. The summed E-state index contributed by atoms with van der Waals surface area (Å²) in [6, 6.07) is 6.40. The van der Waals surface area contributed by atoms with E-state index in [0.717, 1.165) is 25.7 Å². The summed E-state index contributed by atoms with van der Waals surface area (Å²) in [6.07, 6.45) is 3.27. The van der Waals surface area contributed by atoms with Crippen LogP contribution in [0.5, 0.6) is 0 Å². The fraction of sp³-hybridized carbons (Fsp3) is 0.556. The van der Waals surface area contributed by atoms with E-state index in [9.17, 15) is 18.0 Å². The van der Waals surface area contributed by atoms with Gasteiger partial charge < -0.3 is 10.2 Å². The maximum Gasteiger partial charge on any atom is 0.243 e. The largest absolute Gasteiger partial charge is 0.342 e. The molecule has 26 heavy (non-hydrogen) atoms. The molecule has 1 atom stereocenters. The second-order valence-electron chi connectivity index (χ2n) is 6.93. The molecule has 0 aromatic heterocycles. The van der Waals surface area contributed by atoms with Crippen molar-refractivity contribution in [3.63, 3.8) is 0 Å². The zero-order valence-corrected chi connectivity index (χ0v) is 15.8. The number of likely N-dealkylation sites (tertiary alicyclic amines) is 1. The maximum absolute atomic E-state index is 12.7. The Balaban J connectivity index is 1.70. The van der Waals surface area contributed by atoms with Crippen molar-refractivity contribution < 1.29 is 18.0 Å². The summed E-state index contributed by atoms with van der Waals surface area (Å²) in [5.74, 6) is -0.473. The number of nitrogens with one attached hydrogen (secondary N) is 1. The van der Waals surface area contributed by atoms with Crippen molar-refractivity contribution in [2.75, 3.05) is 31.5 Å². The molecule has 2 aliphatic rings. The lowest BCUT2D eigenvalue weighted by atomic mass is 9.97. The lowest BCUT2D eigenvalue weighted by Crippen LogP contribution is -2.42. The summed E-state index contributed by atoms with van der Waals surface area (Å²) < 4.78 is 26.8. The van der Waals surface area contributed by atoms with Crippen molar-refractivity contribution in [1.82, 2.24) is 9.21 Å². The third-order valence-corrected chi connectivity index (χ3v) is 6.94. The second-order valence-corrected chi connectivity index (χ2v) is 8.87. The zero-order valence-electron chi connectivity index (χ0n) is 15.0. The van der Waals surface area contributed by atoms with E-state index < -0.39 is 10.0 Å². The van der Waals surface area contributed by atoms with Crippen LogP contribution in [0.3, 0.4) is 0 Å². The number of rotatable bonds is 4. The molecule has 0 radical (unpaired) electrons. The Hall–Kier alpha value is -1.93. The Morgan fingerprint density at radius 2 is 1.85 bits per heavy atom. The number of hydrogen-bond donors (Lipinski definition) is 1. The van der Waals surface area contributed by atoms with Crippen molar-refractivity contribution >= 4 is 27.5 Å². The van der Waals surface area contributed by atoms with Gasteiger partial charge in [-0.1, -0.05) is 6.07 Å².